The van der Waals surface area contributed by atoms with Crippen LogP contribution in [0.15, 0.2) is 108 Å². The van der Waals surface area contributed by atoms with Crippen LogP contribution in [0.2, 0.25) is 0 Å². The molecule has 4 aromatic carbocycles. The first-order valence-electron chi connectivity index (χ1n) is 11.1. The van der Waals surface area contributed by atoms with Crippen LogP contribution < -0.4 is 4.74 Å². The molecule has 0 heterocycles. The Bertz CT molecular complexity index is 1190. The quantitative estimate of drug-likeness (QED) is 0.176. The smallest absolute Gasteiger partial charge is 0.312 e. The van der Waals surface area contributed by atoms with E-state index in [4.69, 9.17) is 4.74 Å². The molecular weight excluding hydrogens is 406 g/mol. The predicted octanol–water partition coefficient (Wildman–Crippen LogP) is 7.18. The van der Waals surface area contributed by atoms with Crippen molar-refractivity contribution in [1.82, 2.24) is 0 Å². The van der Waals surface area contributed by atoms with Gasteiger partial charge in [0.2, 0.25) is 0 Å². The second-order valence-electron chi connectivity index (χ2n) is 8.17. The largest absolute Gasteiger partial charge is 0.427 e. The van der Waals surface area contributed by atoms with Crippen LogP contribution in [0.5, 0.6) is 5.75 Å². The molecule has 0 aliphatic heterocycles. The Morgan fingerprint density at radius 2 is 1.42 bits per heavy atom. The van der Waals surface area contributed by atoms with Crippen molar-refractivity contribution in [3.8, 4) is 5.75 Å². The van der Waals surface area contributed by atoms with Crippen molar-refractivity contribution in [1.29, 1.82) is 0 Å². The summed E-state index contributed by atoms with van der Waals surface area (Å²) in [5.41, 5.74) is 6.41. The monoisotopic (exact) mass is 433 g/mol. The lowest BCUT2D eigenvalue weighted by Gasteiger charge is -2.17. The summed E-state index contributed by atoms with van der Waals surface area (Å²) in [6, 6.07) is 33.8. The van der Waals surface area contributed by atoms with Gasteiger partial charge < -0.3 is 4.74 Å². The molecular formula is C30H27NO2. The van der Waals surface area contributed by atoms with E-state index in [2.05, 4.69) is 54.4 Å². The Kier molecular flexibility index (Phi) is 7.11. The Hall–Kier alpha value is -3.98. The maximum absolute atomic E-state index is 12.8. The second kappa shape index (κ2) is 10.6. The van der Waals surface area contributed by atoms with Crippen molar-refractivity contribution in [2.75, 3.05) is 0 Å². The van der Waals surface area contributed by atoms with Crippen LogP contribution >= 0.6 is 0 Å². The van der Waals surface area contributed by atoms with Crippen LogP contribution in [-0.2, 0) is 4.79 Å². The Morgan fingerprint density at radius 1 is 0.818 bits per heavy atom. The highest BCUT2D eigenvalue weighted by Gasteiger charge is 2.19. The second-order valence-corrected chi connectivity index (χ2v) is 8.17. The number of carbonyl (C=O) groups excluding carboxylic acids is 1. The van der Waals surface area contributed by atoms with Crippen LogP contribution in [0, 0.1) is 13.8 Å². The Balaban J connectivity index is 1.43. The van der Waals surface area contributed by atoms with Crippen LogP contribution in [-0.4, -0.2) is 12.2 Å². The molecule has 0 aromatic heterocycles. The summed E-state index contributed by atoms with van der Waals surface area (Å²) in [5, 5.41) is 0. The van der Waals surface area contributed by atoms with E-state index < -0.39 is 0 Å². The summed E-state index contributed by atoms with van der Waals surface area (Å²) in [6.45, 7) is 4.11. The molecule has 0 atom stereocenters. The molecule has 164 valence electrons. The van der Waals surface area contributed by atoms with Crippen molar-refractivity contribution in [2.24, 2.45) is 4.99 Å². The fourth-order valence-corrected chi connectivity index (χ4v) is 3.76. The SMILES string of the molecule is Cc1ccc(C)c(N=Cc2ccc(OC(=O)CC(c3ccccc3)c3ccccc3)cc2)c1. The molecule has 0 aliphatic rings. The molecule has 0 aliphatic carbocycles. The van der Waals surface area contributed by atoms with Gasteiger partial charge in [-0.2, -0.15) is 0 Å². The normalized spacial score (nSPS) is 11.1. The van der Waals surface area contributed by atoms with Crippen LogP contribution in [0.4, 0.5) is 5.69 Å². The van der Waals surface area contributed by atoms with Gasteiger partial charge in [-0.15, -0.1) is 0 Å². The van der Waals surface area contributed by atoms with Crippen molar-refractivity contribution in [3.63, 3.8) is 0 Å². The molecule has 33 heavy (non-hydrogen) atoms. The number of nitrogens with zero attached hydrogens (tertiary/aromatic N) is 1. The lowest BCUT2D eigenvalue weighted by atomic mass is 9.89. The summed E-state index contributed by atoms with van der Waals surface area (Å²) >= 11 is 0. The molecule has 0 radical (unpaired) electrons. The van der Waals surface area contributed by atoms with Gasteiger partial charge in [0.05, 0.1) is 12.1 Å². The number of rotatable bonds is 7. The molecule has 0 saturated carbocycles. The summed E-state index contributed by atoms with van der Waals surface area (Å²) in [4.78, 5) is 17.4. The van der Waals surface area contributed by atoms with Crippen molar-refractivity contribution >= 4 is 17.9 Å². The zero-order valence-corrected chi connectivity index (χ0v) is 18.9. The van der Waals surface area contributed by atoms with E-state index in [1.807, 2.05) is 73.8 Å². The first-order chi connectivity index (χ1) is 16.1. The van der Waals surface area contributed by atoms with Gasteiger partial charge >= 0.3 is 5.97 Å². The average Bonchev–Trinajstić information content (AvgIpc) is 2.85. The Labute approximate surface area is 195 Å². The van der Waals surface area contributed by atoms with Gasteiger partial charge in [-0.3, -0.25) is 9.79 Å². The lowest BCUT2D eigenvalue weighted by molar-refractivity contribution is -0.134. The molecule has 0 N–H and O–H groups in total. The van der Waals surface area contributed by atoms with Crippen LogP contribution in [0.25, 0.3) is 0 Å². The number of hydrogen-bond donors (Lipinski definition) is 0. The Morgan fingerprint density at radius 3 is 2.03 bits per heavy atom. The minimum atomic E-state index is -0.260. The van der Waals surface area contributed by atoms with Crippen molar-refractivity contribution in [2.45, 2.75) is 26.2 Å². The number of aryl methyl sites for hydroxylation is 2. The fraction of sp³-hybridized carbons (Fsp3) is 0.133. The molecule has 0 unspecified atom stereocenters. The molecule has 3 heteroatoms. The third-order valence-electron chi connectivity index (χ3n) is 5.60. The highest BCUT2D eigenvalue weighted by molar-refractivity contribution is 5.83. The topological polar surface area (TPSA) is 38.7 Å². The van der Waals surface area contributed by atoms with Gasteiger partial charge in [-0.1, -0.05) is 72.8 Å². The van der Waals surface area contributed by atoms with Crippen LogP contribution in [0.3, 0.4) is 0 Å². The molecule has 0 spiro atoms. The van der Waals surface area contributed by atoms with Gasteiger partial charge in [0.1, 0.15) is 5.75 Å². The zero-order chi connectivity index (χ0) is 23.0. The van der Waals surface area contributed by atoms with Gasteiger partial charge in [0.25, 0.3) is 0 Å². The molecule has 0 saturated heterocycles. The van der Waals surface area contributed by atoms with Crippen molar-refractivity contribution < 1.29 is 9.53 Å². The van der Waals surface area contributed by atoms with Gasteiger partial charge in [0.15, 0.2) is 0 Å². The maximum Gasteiger partial charge on any atom is 0.312 e. The number of carbonyl (C=O) groups is 1. The number of benzene rings is 4. The van der Waals surface area contributed by atoms with E-state index in [0.29, 0.717) is 5.75 Å². The van der Waals surface area contributed by atoms with Gasteiger partial charge in [-0.05, 0) is 72.0 Å². The lowest BCUT2D eigenvalue weighted by Crippen LogP contribution is -2.14. The van der Waals surface area contributed by atoms with Gasteiger partial charge in [-0.25, -0.2) is 0 Å². The third kappa shape index (κ3) is 6.05. The molecule has 3 nitrogen and oxygen atoms in total. The standard InChI is InChI=1S/C30H27NO2/c1-22-13-14-23(2)29(19-22)31-21-24-15-17-27(18-16-24)33-30(32)20-28(25-9-5-3-6-10-25)26-11-7-4-8-12-26/h3-19,21,28H,20H2,1-2H3. The highest BCUT2D eigenvalue weighted by atomic mass is 16.5. The van der Waals surface area contributed by atoms with E-state index in [1.165, 1.54) is 5.56 Å². The third-order valence-corrected chi connectivity index (χ3v) is 5.60. The summed E-state index contributed by atoms with van der Waals surface area (Å²) in [5.74, 6) is 0.220. The number of aliphatic imine (C=N–C) groups is 1. The summed E-state index contributed by atoms with van der Waals surface area (Å²) < 4.78 is 5.66. The zero-order valence-electron chi connectivity index (χ0n) is 18.9. The van der Waals surface area contributed by atoms with Gasteiger partial charge in [0, 0.05) is 12.1 Å². The molecule has 0 amide bonds. The minimum absolute atomic E-state index is 0.0520. The number of ether oxygens (including phenoxy) is 1. The number of hydrogen-bond acceptors (Lipinski definition) is 3. The first kappa shape index (κ1) is 22.2. The summed E-state index contributed by atoms with van der Waals surface area (Å²) in [7, 11) is 0. The van der Waals surface area contributed by atoms with E-state index in [-0.39, 0.29) is 18.3 Å². The predicted molar refractivity (Wildman–Crippen MR) is 135 cm³/mol. The average molecular weight is 434 g/mol. The minimum Gasteiger partial charge on any atom is -0.427 e. The van der Waals surface area contributed by atoms with E-state index in [0.717, 1.165) is 27.9 Å². The fourth-order valence-electron chi connectivity index (χ4n) is 3.76. The first-order valence-corrected chi connectivity index (χ1v) is 11.1. The van der Waals surface area contributed by atoms with Crippen molar-refractivity contribution in [3.05, 3.63) is 131 Å². The van der Waals surface area contributed by atoms with E-state index in [1.54, 1.807) is 0 Å². The molecule has 4 aromatic rings. The highest BCUT2D eigenvalue weighted by Crippen LogP contribution is 2.28. The molecule has 0 fully saturated rings. The van der Waals surface area contributed by atoms with E-state index in [9.17, 15) is 4.79 Å². The van der Waals surface area contributed by atoms with Crippen LogP contribution in [0.1, 0.15) is 40.2 Å². The molecule has 0 bridgehead atoms. The summed E-state index contributed by atoms with van der Waals surface area (Å²) in [6.07, 6.45) is 2.10. The number of esters is 1. The maximum atomic E-state index is 12.8. The molecule has 4 rings (SSSR count). The van der Waals surface area contributed by atoms with E-state index >= 15 is 0 Å².